The summed E-state index contributed by atoms with van der Waals surface area (Å²) in [5.41, 5.74) is 1.53. The molecule has 2 aliphatic rings. The second-order valence-corrected chi connectivity index (χ2v) is 4.37. The van der Waals surface area contributed by atoms with Gasteiger partial charge in [-0.1, -0.05) is 30.3 Å². The topological polar surface area (TPSA) is 12.0 Å². The molecule has 0 spiro atoms. The molecule has 1 saturated heterocycles. The van der Waals surface area contributed by atoms with Crippen LogP contribution in [0.25, 0.3) is 0 Å². The van der Waals surface area contributed by atoms with E-state index in [2.05, 4.69) is 35.6 Å². The molecule has 1 aromatic rings. The Morgan fingerprint density at radius 1 is 1.08 bits per heavy atom. The van der Waals surface area contributed by atoms with Gasteiger partial charge in [0.05, 0.1) is 0 Å². The maximum absolute atomic E-state index is 3.60. The molecule has 1 saturated carbocycles. The quantitative estimate of drug-likeness (QED) is 0.686. The largest absolute Gasteiger partial charge is 0.313 e. The maximum Gasteiger partial charge on any atom is 0.0139 e. The van der Waals surface area contributed by atoms with Crippen molar-refractivity contribution in [1.29, 1.82) is 0 Å². The molecular weight excluding hydrogens is 158 g/mol. The Balaban J connectivity index is 1.87. The molecule has 0 unspecified atom stereocenters. The molecule has 3 atom stereocenters. The van der Waals surface area contributed by atoms with E-state index < -0.39 is 0 Å². The molecule has 2 fully saturated rings. The first-order valence-corrected chi connectivity index (χ1v) is 5.22. The fourth-order valence-electron chi connectivity index (χ4n) is 2.92. The van der Waals surface area contributed by atoms with Crippen LogP contribution < -0.4 is 5.32 Å². The van der Waals surface area contributed by atoms with Crippen LogP contribution in [-0.2, 0) is 0 Å². The molecule has 68 valence electrons. The van der Waals surface area contributed by atoms with Crippen LogP contribution >= 0.6 is 0 Å². The van der Waals surface area contributed by atoms with Gasteiger partial charge in [0, 0.05) is 6.04 Å². The van der Waals surface area contributed by atoms with Crippen LogP contribution in [0.2, 0.25) is 0 Å². The first-order valence-electron chi connectivity index (χ1n) is 5.22. The zero-order valence-electron chi connectivity index (χ0n) is 7.74. The Morgan fingerprint density at radius 2 is 1.92 bits per heavy atom. The van der Waals surface area contributed by atoms with Gasteiger partial charge in [0.25, 0.3) is 0 Å². The van der Waals surface area contributed by atoms with Gasteiger partial charge in [-0.15, -0.1) is 0 Å². The molecule has 1 nitrogen and oxygen atoms in total. The minimum absolute atomic E-state index is 0.771. The lowest BCUT2D eigenvalue weighted by atomic mass is 9.92. The highest BCUT2D eigenvalue weighted by atomic mass is 15.0. The number of piperidine rings is 1. The fraction of sp³-hybridized carbons (Fsp3) is 0.500. The summed E-state index contributed by atoms with van der Waals surface area (Å²) in [6.45, 7) is 1.26. The number of fused-ring (bicyclic) bond motifs is 2. The Kier molecular flexibility index (Phi) is 1.66. The van der Waals surface area contributed by atoms with Crippen LogP contribution in [0.4, 0.5) is 0 Å². The van der Waals surface area contributed by atoms with E-state index in [1.54, 1.807) is 0 Å². The summed E-state index contributed by atoms with van der Waals surface area (Å²) in [4.78, 5) is 0. The third-order valence-electron chi connectivity index (χ3n) is 3.56. The van der Waals surface area contributed by atoms with Crippen molar-refractivity contribution in [3.05, 3.63) is 35.9 Å². The first-order chi connectivity index (χ1) is 6.43. The molecule has 1 aliphatic carbocycles. The van der Waals surface area contributed by atoms with Crippen molar-refractivity contribution < 1.29 is 0 Å². The number of benzene rings is 1. The summed E-state index contributed by atoms with van der Waals surface area (Å²) in [5.74, 6) is 1.75. The second kappa shape index (κ2) is 2.85. The van der Waals surface area contributed by atoms with Gasteiger partial charge in [-0.2, -0.15) is 0 Å². The van der Waals surface area contributed by atoms with E-state index in [1.165, 1.54) is 24.9 Å². The van der Waals surface area contributed by atoms with E-state index >= 15 is 0 Å². The SMILES string of the molecule is c1ccc([C@@H]2C[C@@H]3CN[C@@H]2C3)cc1. The van der Waals surface area contributed by atoms with Crippen molar-refractivity contribution in [2.75, 3.05) is 6.54 Å². The molecule has 0 radical (unpaired) electrons. The van der Waals surface area contributed by atoms with Crippen molar-refractivity contribution in [2.45, 2.75) is 24.8 Å². The highest BCUT2D eigenvalue weighted by molar-refractivity contribution is 5.24. The predicted octanol–water partition coefficient (Wildman–Crippen LogP) is 2.15. The molecular formula is C12H15N. The Bertz CT molecular complexity index is 293. The monoisotopic (exact) mass is 173 g/mol. The highest BCUT2D eigenvalue weighted by Crippen LogP contribution is 2.41. The smallest absolute Gasteiger partial charge is 0.0139 e. The third kappa shape index (κ3) is 1.19. The predicted molar refractivity (Wildman–Crippen MR) is 53.7 cm³/mol. The fourth-order valence-corrected chi connectivity index (χ4v) is 2.92. The summed E-state index contributed by atoms with van der Waals surface area (Å²) >= 11 is 0. The van der Waals surface area contributed by atoms with E-state index in [4.69, 9.17) is 0 Å². The average Bonchev–Trinajstić information content (AvgIpc) is 2.80. The van der Waals surface area contributed by atoms with Crippen molar-refractivity contribution >= 4 is 0 Å². The van der Waals surface area contributed by atoms with Gasteiger partial charge in [0.1, 0.15) is 0 Å². The standard InChI is InChI=1S/C12H15N/c1-2-4-10(5-3-1)11-6-9-7-12(11)13-8-9/h1-5,9,11-13H,6-8H2/t9-,11-,12+/m0/s1. The summed E-state index contributed by atoms with van der Waals surface area (Å²) in [5, 5.41) is 3.60. The van der Waals surface area contributed by atoms with E-state index in [1.807, 2.05) is 0 Å². The molecule has 3 rings (SSSR count). The van der Waals surface area contributed by atoms with Crippen molar-refractivity contribution in [1.82, 2.24) is 5.32 Å². The molecule has 1 heteroatoms. The van der Waals surface area contributed by atoms with E-state index in [0.29, 0.717) is 0 Å². The summed E-state index contributed by atoms with van der Waals surface area (Å²) in [6, 6.07) is 11.7. The zero-order chi connectivity index (χ0) is 8.67. The van der Waals surface area contributed by atoms with Gasteiger partial charge in [0.15, 0.2) is 0 Å². The van der Waals surface area contributed by atoms with Crippen LogP contribution in [0, 0.1) is 5.92 Å². The molecule has 1 heterocycles. The molecule has 13 heavy (non-hydrogen) atoms. The first kappa shape index (κ1) is 7.57. The van der Waals surface area contributed by atoms with Crippen molar-refractivity contribution in [3.63, 3.8) is 0 Å². The molecule has 0 amide bonds. The summed E-state index contributed by atoms with van der Waals surface area (Å²) < 4.78 is 0. The highest BCUT2D eigenvalue weighted by Gasteiger charge is 2.39. The third-order valence-corrected chi connectivity index (χ3v) is 3.56. The zero-order valence-corrected chi connectivity index (χ0v) is 7.74. The molecule has 1 aliphatic heterocycles. The molecule has 2 bridgehead atoms. The minimum atomic E-state index is 0.771. The van der Waals surface area contributed by atoms with Gasteiger partial charge >= 0.3 is 0 Å². The van der Waals surface area contributed by atoms with E-state index in [0.717, 1.165) is 17.9 Å². The summed E-state index contributed by atoms with van der Waals surface area (Å²) in [7, 11) is 0. The van der Waals surface area contributed by atoms with Gasteiger partial charge in [-0.3, -0.25) is 0 Å². The molecule has 1 N–H and O–H groups in total. The Labute approximate surface area is 79.2 Å². The number of nitrogens with one attached hydrogen (secondary N) is 1. The lowest BCUT2D eigenvalue weighted by Crippen LogP contribution is -2.31. The maximum atomic E-state index is 3.60. The summed E-state index contributed by atoms with van der Waals surface area (Å²) in [6.07, 6.45) is 2.81. The van der Waals surface area contributed by atoms with Gasteiger partial charge in [-0.25, -0.2) is 0 Å². The van der Waals surface area contributed by atoms with E-state index in [9.17, 15) is 0 Å². The van der Waals surface area contributed by atoms with Crippen LogP contribution in [0.3, 0.4) is 0 Å². The van der Waals surface area contributed by atoms with Crippen LogP contribution in [0.1, 0.15) is 24.3 Å². The van der Waals surface area contributed by atoms with Crippen LogP contribution in [0.15, 0.2) is 30.3 Å². The van der Waals surface area contributed by atoms with Gasteiger partial charge in [-0.05, 0) is 36.8 Å². The second-order valence-electron chi connectivity index (χ2n) is 4.37. The Morgan fingerprint density at radius 3 is 2.54 bits per heavy atom. The van der Waals surface area contributed by atoms with Gasteiger partial charge < -0.3 is 5.32 Å². The average molecular weight is 173 g/mol. The molecule has 0 aromatic heterocycles. The van der Waals surface area contributed by atoms with Crippen molar-refractivity contribution in [3.8, 4) is 0 Å². The number of rotatable bonds is 1. The number of hydrogen-bond acceptors (Lipinski definition) is 1. The van der Waals surface area contributed by atoms with Crippen molar-refractivity contribution in [2.24, 2.45) is 5.92 Å². The molecule has 1 aromatic carbocycles. The van der Waals surface area contributed by atoms with Crippen LogP contribution in [-0.4, -0.2) is 12.6 Å². The minimum Gasteiger partial charge on any atom is -0.313 e. The Hall–Kier alpha value is -0.820. The van der Waals surface area contributed by atoms with E-state index in [-0.39, 0.29) is 0 Å². The number of hydrogen-bond donors (Lipinski definition) is 1. The van der Waals surface area contributed by atoms with Gasteiger partial charge in [0.2, 0.25) is 0 Å². The lowest BCUT2D eigenvalue weighted by molar-refractivity contribution is 0.448. The van der Waals surface area contributed by atoms with Crippen LogP contribution in [0.5, 0.6) is 0 Å². The lowest BCUT2D eigenvalue weighted by Gasteiger charge is -2.22. The normalized spacial score (nSPS) is 36.8.